The predicted octanol–water partition coefficient (Wildman–Crippen LogP) is 2.66. The SMILES string of the molecule is CCOC(=O)COc1ccc(S(=O)(=O)c2ccc(C[C@@H](C)N)cc2)cc1C. The van der Waals surface area contributed by atoms with Gasteiger partial charge in [0.25, 0.3) is 0 Å². The lowest BCUT2D eigenvalue weighted by molar-refractivity contribution is -0.145. The van der Waals surface area contributed by atoms with E-state index < -0.39 is 15.8 Å². The molecule has 0 saturated carbocycles. The zero-order chi connectivity index (χ0) is 20.0. The van der Waals surface area contributed by atoms with Gasteiger partial charge in [-0.15, -0.1) is 0 Å². The third-order valence-corrected chi connectivity index (χ3v) is 5.67. The molecule has 0 radical (unpaired) electrons. The highest BCUT2D eigenvalue weighted by atomic mass is 32.2. The highest BCUT2D eigenvalue weighted by Crippen LogP contribution is 2.26. The van der Waals surface area contributed by atoms with E-state index in [2.05, 4.69) is 0 Å². The normalized spacial score (nSPS) is 12.4. The number of benzene rings is 2. The van der Waals surface area contributed by atoms with Crippen LogP contribution < -0.4 is 10.5 Å². The van der Waals surface area contributed by atoms with Crippen LogP contribution in [-0.4, -0.2) is 33.6 Å². The van der Waals surface area contributed by atoms with Crippen LogP contribution in [0.3, 0.4) is 0 Å². The summed E-state index contributed by atoms with van der Waals surface area (Å²) in [6.45, 7) is 5.40. The third kappa shape index (κ3) is 5.55. The number of rotatable bonds is 8. The average Bonchev–Trinajstić information content (AvgIpc) is 2.61. The Balaban J connectivity index is 2.19. The van der Waals surface area contributed by atoms with Crippen molar-refractivity contribution in [1.82, 2.24) is 0 Å². The molecule has 0 heterocycles. The largest absolute Gasteiger partial charge is 0.482 e. The number of esters is 1. The fourth-order valence-electron chi connectivity index (χ4n) is 2.60. The Morgan fingerprint density at radius 1 is 1.11 bits per heavy atom. The maximum absolute atomic E-state index is 12.8. The van der Waals surface area contributed by atoms with Crippen LogP contribution >= 0.6 is 0 Å². The first-order valence-corrected chi connectivity index (χ1v) is 10.2. The molecule has 0 aliphatic carbocycles. The van der Waals surface area contributed by atoms with E-state index in [4.69, 9.17) is 15.2 Å². The van der Waals surface area contributed by atoms with Crippen molar-refractivity contribution in [3.05, 3.63) is 53.6 Å². The highest BCUT2D eigenvalue weighted by Gasteiger charge is 2.19. The van der Waals surface area contributed by atoms with Gasteiger partial charge in [-0.2, -0.15) is 0 Å². The van der Waals surface area contributed by atoms with E-state index in [0.29, 0.717) is 17.7 Å². The van der Waals surface area contributed by atoms with E-state index in [1.54, 1.807) is 44.2 Å². The van der Waals surface area contributed by atoms with Crippen molar-refractivity contribution in [3.8, 4) is 5.75 Å². The fourth-order valence-corrected chi connectivity index (χ4v) is 3.95. The lowest BCUT2D eigenvalue weighted by Gasteiger charge is -2.11. The molecular weight excluding hydrogens is 366 g/mol. The van der Waals surface area contributed by atoms with E-state index in [-0.39, 0.29) is 29.0 Å². The summed E-state index contributed by atoms with van der Waals surface area (Å²) in [6.07, 6.45) is 0.686. The van der Waals surface area contributed by atoms with Crippen LogP contribution in [0.4, 0.5) is 0 Å². The van der Waals surface area contributed by atoms with E-state index >= 15 is 0 Å². The molecule has 0 aliphatic heterocycles. The summed E-state index contributed by atoms with van der Waals surface area (Å²) >= 11 is 0. The molecular formula is C20H25NO5S. The second kappa shape index (κ2) is 9.01. The Kier molecular flexibility index (Phi) is 6.98. The molecule has 2 aromatic rings. The Bertz CT molecular complexity index is 889. The highest BCUT2D eigenvalue weighted by molar-refractivity contribution is 7.91. The molecule has 0 saturated heterocycles. The number of ether oxygens (including phenoxy) is 2. The number of carbonyl (C=O) groups excluding carboxylic acids is 1. The molecule has 27 heavy (non-hydrogen) atoms. The van der Waals surface area contributed by atoms with Gasteiger partial charge in [-0.3, -0.25) is 0 Å². The van der Waals surface area contributed by atoms with E-state index in [1.165, 1.54) is 12.1 Å². The second-order valence-corrected chi connectivity index (χ2v) is 8.30. The van der Waals surface area contributed by atoms with Crippen LogP contribution in [-0.2, 0) is 25.8 Å². The van der Waals surface area contributed by atoms with Crippen molar-refractivity contribution in [2.24, 2.45) is 5.73 Å². The lowest BCUT2D eigenvalue weighted by Crippen LogP contribution is -2.17. The minimum absolute atomic E-state index is 0.0114. The molecule has 0 bridgehead atoms. The Labute approximate surface area is 160 Å². The molecule has 2 rings (SSSR count). The molecule has 146 valence electrons. The number of aryl methyl sites for hydroxylation is 1. The van der Waals surface area contributed by atoms with Crippen molar-refractivity contribution in [2.45, 2.75) is 43.0 Å². The van der Waals surface area contributed by atoms with Crippen molar-refractivity contribution < 1.29 is 22.7 Å². The van der Waals surface area contributed by atoms with Crippen molar-refractivity contribution in [2.75, 3.05) is 13.2 Å². The summed E-state index contributed by atoms with van der Waals surface area (Å²) in [5.41, 5.74) is 7.38. The molecule has 1 atom stereocenters. The molecule has 2 aromatic carbocycles. The van der Waals surface area contributed by atoms with Crippen LogP contribution in [0.1, 0.15) is 25.0 Å². The molecule has 7 heteroatoms. The van der Waals surface area contributed by atoms with Crippen LogP contribution in [0, 0.1) is 6.92 Å². The number of nitrogens with two attached hydrogens (primary N) is 1. The zero-order valence-corrected chi connectivity index (χ0v) is 16.6. The van der Waals surface area contributed by atoms with E-state index in [0.717, 1.165) is 5.56 Å². The van der Waals surface area contributed by atoms with Gasteiger partial charge in [0.15, 0.2) is 6.61 Å². The van der Waals surface area contributed by atoms with Gasteiger partial charge in [0, 0.05) is 6.04 Å². The van der Waals surface area contributed by atoms with Gasteiger partial charge in [-0.25, -0.2) is 13.2 Å². The Hall–Kier alpha value is -2.38. The van der Waals surface area contributed by atoms with Crippen LogP contribution in [0.5, 0.6) is 5.75 Å². The van der Waals surface area contributed by atoms with Crippen molar-refractivity contribution in [3.63, 3.8) is 0 Å². The predicted molar refractivity (Wildman–Crippen MR) is 103 cm³/mol. The maximum atomic E-state index is 12.8. The van der Waals surface area contributed by atoms with Gasteiger partial charge in [0.2, 0.25) is 9.84 Å². The van der Waals surface area contributed by atoms with Crippen LogP contribution in [0.15, 0.2) is 52.3 Å². The first-order chi connectivity index (χ1) is 12.7. The minimum Gasteiger partial charge on any atom is -0.482 e. The molecule has 0 aromatic heterocycles. The quantitative estimate of drug-likeness (QED) is 0.695. The number of carbonyl (C=O) groups is 1. The molecule has 0 aliphatic rings. The second-order valence-electron chi connectivity index (χ2n) is 6.35. The summed E-state index contributed by atoms with van der Waals surface area (Å²) in [4.78, 5) is 11.8. The topological polar surface area (TPSA) is 95.7 Å². The summed E-state index contributed by atoms with van der Waals surface area (Å²) < 4.78 is 35.9. The van der Waals surface area contributed by atoms with Gasteiger partial charge in [0.05, 0.1) is 16.4 Å². The van der Waals surface area contributed by atoms with Crippen molar-refractivity contribution >= 4 is 15.8 Å². The van der Waals surface area contributed by atoms with Crippen LogP contribution in [0.25, 0.3) is 0 Å². The summed E-state index contributed by atoms with van der Waals surface area (Å²) in [6, 6.07) is 11.3. The first kappa shape index (κ1) is 20.9. The Morgan fingerprint density at radius 2 is 1.74 bits per heavy atom. The fraction of sp³-hybridized carbons (Fsp3) is 0.350. The number of hydrogen-bond acceptors (Lipinski definition) is 6. The third-order valence-electron chi connectivity index (χ3n) is 3.90. The van der Waals surface area contributed by atoms with Gasteiger partial charge in [-0.1, -0.05) is 12.1 Å². The summed E-state index contributed by atoms with van der Waals surface area (Å²) in [5.74, 6) is -0.0326. The number of sulfone groups is 1. The molecule has 0 spiro atoms. The number of hydrogen-bond donors (Lipinski definition) is 1. The van der Waals surface area contributed by atoms with E-state index in [1.807, 2.05) is 6.92 Å². The minimum atomic E-state index is -3.64. The van der Waals surface area contributed by atoms with Crippen molar-refractivity contribution in [1.29, 1.82) is 0 Å². The molecule has 0 amide bonds. The first-order valence-electron chi connectivity index (χ1n) is 8.72. The maximum Gasteiger partial charge on any atom is 0.344 e. The summed E-state index contributed by atoms with van der Waals surface area (Å²) in [5, 5.41) is 0. The molecule has 0 fully saturated rings. The van der Waals surface area contributed by atoms with Crippen LogP contribution in [0.2, 0.25) is 0 Å². The molecule has 6 nitrogen and oxygen atoms in total. The monoisotopic (exact) mass is 391 g/mol. The van der Waals surface area contributed by atoms with E-state index in [9.17, 15) is 13.2 Å². The lowest BCUT2D eigenvalue weighted by atomic mass is 10.1. The van der Waals surface area contributed by atoms with Gasteiger partial charge in [0.1, 0.15) is 5.75 Å². The zero-order valence-electron chi connectivity index (χ0n) is 15.8. The van der Waals surface area contributed by atoms with Gasteiger partial charge >= 0.3 is 5.97 Å². The summed E-state index contributed by atoms with van der Waals surface area (Å²) in [7, 11) is -3.64. The van der Waals surface area contributed by atoms with Gasteiger partial charge < -0.3 is 15.2 Å². The Morgan fingerprint density at radius 3 is 2.30 bits per heavy atom. The average molecular weight is 391 g/mol. The smallest absolute Gasteiger partial charge is 0.344 e. The standard InChI is InChI=1S/C20H25NO5S/c1-4-25-20(22)13-26-19-10-9-18(11-14(19)2)27(23,24)17-7-5-16(6-8-17)12-15(3)21/h5-11,15H,4,12-13,21H2,1-3H3/t15-/m1/s1. The van der Waals surface area contributed by atoms with Gasteiger partial charge in [-0.05, 0) is 68.7 Å². The molecule has 0 unspecified atom stereocenters. The molecule has 2 N–H and O–H groups in total.